The van der Waals surface area contributed by atoms with Gasteiger partial charge in [0.05, 0.1) is 10.7 Å². The number of ether oxygens (including phenoxy) is 1. The molecule has 0 fully saturated rings. The molecule has 1 aromatic carbocycles. The Labute approximate surface area is 130 Å². The van der Waals surface area contributed by atoms with Crippen LogP contribution in [-0.4, -0.2) is 28.6 Å². The Kier molecular flexibility index (Phi) is 4.67. The van der Waals surface area contributed by atoms with Gasteiger partial charge in [-0.15, -0.1) is 0 Å². The topological polar surface area (TPSA) is 102 Å². The number of carbonyl (C=O) groups is 2. The van der Waals surface area contributed by atoms with Crippen LogP contribution < -0.4 is 10.1 Å². The highest BCUT2D eigenvalue weighted by molar-refractivity contribution is 6.32. The number of amides is 1. The summed E-state index contributed by atoms with van der Waals surface area (Å²) in [4.78, 5) is 26.5. The Bertz CT molecular complexity index is 726. The van der Waals surface area contributed by atoms with Crippen LogP contribution in [0.5, 0.6) is 5.75 Å². The maximum Gasteiger partial charge on any atom is 0.341 e. The molecule has 1 amide bonds. The van der Waals surface area contributed by atoms with Crippen LogP contribution in [0.2, 0.25) is 5.02 Å². The van der Waals surface area contributed by atoms with E-state index in [4.69, 9.17) is 25.9 Å². The zero-order valence-corrected chi connectivity index (χ0v) is 12.6. The number of carboxylic acid groups (broad SMARTS) is 1. The number of anilines is 1. The fraction of sp³-hybridized carbons (Fsp3) is 0.214. The highest BCUT2D eigenvalue weighted by Gasteiger charge is 2.16. The van der Waals surface area contributed by atoms with Crippen LogP contribution in [0.4, 0.5) is 5.69 Å². The van der Waals surface area contributed by atoms with Crippen molar-refractivity contribution >= 4 is 29.2 Å². The van der Waals surface area contributed by atoms with Gasteiger partial charge in [0.15, 0.2) is 12.5 Å². The van der Waals surface area contributed by atoms with Crippen LogP contribution in [0, 0.1) is 13.8 Å². The number of halogens is 1. The Morgan fingerprint density at radius 2 is 2.14 bits per heavy atom. The standard InChI is InChI=1S/C14H13ClN2O5/c1-7-13(22-8(2)16-7)14(20)17-9-3-4-11(10(15)5-9)21-6-12(18)19/h3-5H,6H2,1-2H3,(H,17,20)(H,18,19). The van der Waals surface area contributed by atoms with Crippen LogP contribution in [-0.2, 0) is 4.79 Å². The lowest BCUT2D eigenvalue weighted by Gasteiger charge is -2.08. The van der Waals surface area contributed by atoms with Gasteiger partial charge < -0.3 is 19.6 Å². The van der Waals surface area contributed by atoms with Gasteiger partial charge in [0.25, 0.3) is 5.91 Å². The summed E-state index contributed by atoms with van der Waals surface area (Å²) in [7, 11) is 0. The molecule has 1 aromatic heterocycles. The first-order chi connectivity index (χ1) is 10.4. The number of nitrogens with one attached hydrogen (secondary N) is 1. The molecule has 0 unspecified atom stereocenters. The van der Waals surface area contributed by atoms with Crippen LogP contribution >= 0.6 is 11.6 Å². The molecule has 116 valence electrons. The minimum Gasteiger partial charge on any atom is -0.480 e. The summed E-state index contributed by atoms with van der Waals surface area (Å²) in [5.74, 6) is -0.815. The highest BCUT2D eigenvalue weighted by Crippen LogP contribution is 2.28. The highest BCUT2D eigenvalue weighted by atomic mass is 35.5. The van der Waals surface area contributed by atoms with E-state index in [2.05, 4.69) is 10.3 Å². The van der Waals surface area contributed by atoms with E-state index in [1.807, 2.05) is 0 Å². The van der Waals surface area contributed by atoms with Crippen molar-refractivity contribution in [2.24, 2.45) is 0 Å². The van der Waals surface area contributed by atoms with Gasteiger partial charge in [0.1, 0.15) is 5.75 Å². The van der Waals surface area contributed by atoms with Gasteiger partial charge in [-0.25, -0.2) is 9.78 Å². The molecule has 0 radical (unpaired) electrons. The zero-order valence-electron chi connectivity index (χ0n) is 11.8. The van der Waals surface area contributed by atoms with Gasteiger partial charge in [0.2, 0.25) is 5.76 Å². The molecule has 0 bridgehead atoms. The third-order valence-electron chi connectivity index (χ3n) is 2.65. The lowest BCUT2D eigenvalue weighted by molar-refractivity contribution is -0.139. The molecule has 2 aromatic rings. The normalized spacial score (nSPS) is 10.3. The summed E-state index contributed by atoms with van der Waals surface area (Å²) in [5, 5.41) is 11.4. The van der Waals surface area contributed by atoms with E-state index >= 15 is 0 Å². The molecule has 0 saturated carbocycles. The summed E-state index contributed by atoms with van der Waals surface area (Å²) >= 11 is 5.97. The predicted molar refractivity (Wildman–Crippen MR) is 78.5 cm³/mol. The Hall–Kier alpha value is -2.54. The fourth-order valence-electron chi connectivity index (χ4n) is 1.76. The van der Waals surface area contributed by atoms with Crippen LogP contribution in [0.25, 0.3) is 0 Å². The number of oxazole rings is 1. The SMILES string of the molecule is Cc1nc(C)c(C(=O)Nc2ccc(OCC(=O)O)c(Cl)c2)o1. The van der Waals surface area contributed by atoms with E-state index in [9.17, 15) is 9.59 Å². The van der Waals surface area contributed by atoms with E-state index in [1.54, 1.807) is 19.9 Å². The van der Waals surface area contributed by atoms with E-state index < -0.39 is 18.5 Å². The van der Waals surface area contributed by atoms with Gasteiger partial charge in [-0.3, -0.25) is 4.79 Å². The van der Waals surface area contributed by atoms with E-state index in [0.29, 0.717) is 17.3 Å². The minimum atomic E-state index is -1.11. The molecule has 7 nitrogen and oxygen atoms in total. The summed E-state index contributed by atoms with van der Waals surface area (Å²) in [6.45, 7) is 2.82. The summed E-state index contributed by atoms with van der Waals surface area (Å²) in [6.07, 6.45) is 0. The maximum absolute atomic E-state index is 12.1. The molecular formula is C14H13ClN2O5. The maximum atomic E-state index is 12.1. The summed E-state index contributed by atoms with van der Waals surface area (Å²) in [6, 6.07) is 4.47. The Balaban J connectivity index is 2.10. The van der Waals surface area contributed by atoms with Crippen LogP contribution in [0.3, 0.4) is 0 Å². The van der Waals surface area contributed by atoms with Crippen LogP contribution in [0.1, 0.15) is 22.1 Å². The molecule has 0 saturated heterocycles. The van der Waals surface area contributed by atoms with Gasteiger partial charge in [-0.2, -0.15) is 0 Å². The lowest BCUT2D eigenvalue weighted by atomic mass is 10.2. The largest absolute Gasteiger partial charge is 0.480 e. The molecule has 8 heteroatoms. The fourth-order valence-corrected chi connectivity index (χ4v) is 2.00. The number of benzene rings is 1. The molecule has 0 aliphatic heterocycles. The molecule has 0 atom stereocenters. The van der Waals surface area contributed by atoms with E-state index in [0.717, 1.165) is 0 Å². The number of rotatable bonds is 5. The number of nitrogens with zero attached hydrogens (tertiary/aromatic N) is 1. The van der Waals surface area contributed by atoms with Crippen LogP contribution in [0.15, 0.2) is 22.6 Å². The Morgan fingerprint density at radius 1 is 1.41 bits per heavy atom. The molecule has 0 aliphatic rings. The van der Waals surface area contributed by atoms with Crippen molar-refractivity contribution in [1.82, 2.24) is 4.98 Å². The molecule has 2 rings (SSSR count). The van der Waals surface area contributed by atoms with Gasteiger partial charge >= 0.3 is 5.97 Å². The van der Waals surface area contributed by atoms with Gasteiger partial charge in [-0.05, 0) is 25.1 Å². The summed E-state index contributed by atoms with van der Waals surface area (Å²) in [5.41, 5.74) is 0.911. The molecule has 0 spiro atoms. The number of aromatic nitrogens is 1. The smallest absolute Gasteiger partial charge is 0.341 e. The molecule has 0 aliphatic carbocycles. The zero-order chi connectivity index (χ0) is 16.3. The van der Waals surface area contributed by atoms with Gasteiger partial charge in [0, 0.05) is 12.6 Å². The van der Waals surface area contributed by atoms with Crippen molar-refractivity contribution < 1.29 is 23.8 Å². The van der Waals surface area contributed by atoms with Crippen molar-refractivity contribution in [2.45, 2.75) is 13.8 Å². The van der Waals surface area contributed by atoms with Crippen molar-refractivity contribution in [3.05, 3.63) is 40.6 Å². The van der Waals surface area contributed by atoms with Crippen molar-refractivity contribution in [3.8, 4) is 5.75 Å². The van der Waals surface area contributed by atoms with E-state index in [-0.39, 0.29) is 16.5 Å². The lowest BCUT2D eigenvalue weighted by Crippen LogP contribution is -2.13. The minimum absolute atomic E-state index is 0.125. The quantitative estimate of drug-likeness (QED) is 0.876. The molecule has 1 heterocycles. The number of carbonyl (C=O) groups excluding carboxylic acids is 1. The molecular weight excluding hydrogens is 312 g/mol. The first-order valence-corrected chi connectivity index (χ1v) is 6.64. The summed E-state index contributed by atoms with van der Waals surface area (Å²) < 4.78 is 10.2. The number of hydrogen-bond donors (Lipinski definition) is 2. The monoisotopic (exact) mass is 324 g/mol. The van der Waals surface area contributed by atoms with Gasteiger partial charge in [-0.1, -0.05) is 11.6 Å². The van der Waals surface area contributed by atoms with Crippen molar-refractivity contribution in [3.63, 3.8) is 0 Å². The molecule has 22 heavy (non-hydrogen) atoms. The average Bonchev–Trinajstić information content (AvgIpc) is 2.76. The Morgan fingerprint density at radius 3 is 2.68 bits per heavy atom. The van der Waals surface area contributed by atoms with E-state index in [1.165, 1.54) is 12.1 Å². The van der Waals surface area contributed by atoms with Crippen molar-refractivity contribution in [1.29, 1.82) is 0 Å². The number of aliphatic carboxylic acids is 1. The number of hydrogen-bond acceptors (Lipinski definition) is 5. The predicted octanol–water partition coefficient (Wildman–Crippen LogP) is 2.66. The second-order valence-electron chi connectivity index (χ2n) is 4.43. The second kappa shape index (κ2) is 6.48. The third kappa shape index (κ3) is 3.76. The number of carboxylic acids is 1. The first kappa shape index (κ1) is 15.8. The number of aryl methyl sites for hydroxylation is 2. The molecule has 2 N–H and O–H groups in total. The second-order valence-corrected chi connectivity index (χ2v) is 4.84. The first-order valence-electron chi connectivity index (χ1n) is 6.26. The van der Waals surface area contributed by atoms with Crippen molar-refractivity contribution in [2.75, 3.05) is 11.9 Å². The average molecular weight is 325 g/mol. The third-order valence-corrected chi connectivity index (χ3v) is 2.95.